The van der Waals surface area contributed by atoms with E-state index in [4.69, 9.17) is 0 Å². The molecule has 0 radical (unpaired) electrons. The quantitative estimate of drug-likeness (QED) is 0.669. The summed E-state index contributed by atoms with van der Waals surface area (Å²) in [7, 11) is 0.634. The minimum absolute atomic E-state index is 0.836. The van der Waals surface area contributed by atoms with Crippen LogP contribution in [0.5, 0.6) is 0 Å². The molecule has 0 fully saturated rings. The molecule has 78 valence electrons. The Kier molecular flexibility index (Phi) is 3.69. The van der Waals surface area contributed by atoms with E-state index in [-0.39, 0.29) is 0 Å². The van der Waals surface area contributed by atoms with Gasteiger partial charge in [-0.3, -0.25) is 4.57 Å². The average Bonchev–Trinajstić information content (AvgIpc) is 2.21. The highest BCUT2D eigenvalue weighted by Gasteiger charge is 2.15. The number of aryl methyl sites for hydroxylation is 1. The molecule has 14 heavy (non-hydrogen) atoms. The van der Waals surface area contributed by atoms with Crippen molar-refractivity contribution in [1.82, 2.24) is 10.2 Å². The van der Waals surface area contributed by atoms with E-state index in [9.17, 15) is 4.57 Å². The number of rotatable bonds is 4. The summed E-state index contributed by atoms with van der Waals surface area (Å²) < 4.78 is 11.9. The maximum atomic E-state index is 11.9. The molecule has 0 aliphatic rings. The molecular formula is C9H16N3OP. The van der Waals surface area contributed by atoms with E-state index < -0.39 is 7.59 Å². The molecule has 0 aromatic heterocycles. The van der Waals surface area contributed by atoms with E-state index >= 15 is 0 Å². The molecule has 1 aromatic rings. The molecule has 0 saturated heterocycles. The second-order valence-corrected chi connectivity index (χ2v) is 5.37. The lowest BCUT2D eigenvalue weighted by atomic mass is 10.2. The topological polar surface area (TPSA) is 53.2 Å². The van der Waals surface area contributed by atoms with Gasteiger partial charge in [0, 0.05) is 5.69 Å². The van der Waals surface area contributed by atoms with Crippen molar-refractivity contribution in [3.63, 3.8) is 0 Å². The van der Waals surface area contributed by atoms with Gasteiger partial charge in [-0.05, 0) is 33.2 Å². The molecule has 4 nitrogen and oxygen atoms in total. The fourth-order valence-electron chi connectivity index (χ4n) is 1.03. The minimum atomic E-state index is -2.67. The molecule has 0 unspecified atom stereocenters. The Morgan fingerprint density at radius 3 is 2.00 bits per heavy atom. The van der Waals surface area contributed by atoms with Gasteiger partial charge < -0.3 is 5.09 Å². The van der Waals surface area contributed by atoms with E-state index in [0.29, 0.717) is 0 Å². The van der Waals surface area contributed by atoms with Crippen LogP contribution in [0.15, 0.2) is 24.3 Å². The molecular weight excluding hydrogens is 197 g/mol. The lowest BCUT2D eigenvalue weighted by molar-refractivity contribution is 0.566. The van der Waals surface area contributed by atoms with Crippen LogP contribution in [0.3, 0.4) is 0 Å². The van der Waals surface area contributed by atoms with Gasteiger partial charge in [0.2, 0.25) is 0 Å². The van der Waals surface area contributed by atoms with Crippen LogP contribution in [0.4, 0.5) is 5.69 Å². The lowest BCUT2D eigenvalue weighted by Crippen LogP contribution is -2.21. The maximum Gasteiger partial charge on any atom is 0.302 e. The molecule has 5 heteroatoms. The van der Waals surface area contributed by atoms with E-state index in [2.05, 4.69) is 15.3 Å². The Morgan fingerprint density at radius 2 is 1.57 bits per heavy atom. The first-order valence-electron chi connectivity index (χ1n) is 4.42. The minimum Gasteiger partial charge on any atom is -0.313 e. The van der Waals surface area contributed by atoms with Crippen molar-refractivity contribution in [3.05, 3.63) is 29.8 Å². The monoisotopic (exact) mass is 213 g/mol. The molecule has 3 N–H and O–H groups in total. The fraction of sp³-hybridized carbons (Fsp3) is 0.333. The van der Waals surface area contributed by atoms with Gasteiger partial charge in [0.25, 0.3) is 0 Å². The van der Waals surface area contributed by atoms with Crippen LogP contribution in [0.1, 0.15) is 5.56 Å². The van der Waals surface area contributed by atoms with Crippen molar-refractivity contribution >= 4 is 13.3 Å². The largest absolute Gasteiger partial charge is 0.313 e. The summed E-state index contributed by atoms with van der Waals surface area (Å²) in [6, 6.07) is 7.74. The summed E-state index contributed by atoms with van der Waals surface area (Å²) in [5.41, 5.74) is 2.02. The molecule has 0 aliphatic heterocycles. The highest BCUT2D eigenvalue weighted by atomic mass is 31.2. The van der Waals surface area contributed by atoms with Crippen LogP contribution >= 0.6 is 7.59 Å². The molecule has 1 aromatic carbocycles. The summed E-state index contributed by atoms with van der Waals surface area (Å²) in [5, 5.41) is 8.36. The van der Waals surface area contributed by atoms with Crippen LogP contribution in [0.25, 0.3) is 0 Å². The van der Waals surface area contributed by atoms with Gasteiger partial charge in [0.15, 0.2) is 0 Å². The normalized spacial score (nSPS) is 11.4. The Balaban J connectivity index is 2.78. The summed E-state index contributed by atoms with van der Waals surface area (Å²) in [6.07, 6.45) is 0. The van der Waals surface area contributed by atoms with Gasteiger partial charge in [0.05, 0.1) is 0 Å². The first kappa shape index (κ1) is 11.2. The van der Waals surface area contributed by atoms with E-state index in [0.717, 1.165) is 5.69 Å². The standard InChI is InChI=1S/C9H16N3OP/c1-8-4-6-9(7-5-8)12-14(13,10-2)11-3/h4-7H,1-3H3,(H3,10,11,12,13). The number of benzene rings is 1. The van der Waals surface area contributed by atoms with Crippen molar-refractivity contribution in [1.29, 1.82) is 0 Å². The number of hydrogen-bond donors (Lipinski definition) is 3. The zero-order valence-electron chi connectivity index (χ0n) is 8.66. The fourth-order valence-corrected chi connectivity index (χ4v) is 1.99. The predicted molar refractivity (Wildman–Crippen MR) is 60.5 cm³/mol. The van der Waals surface area contributed by atoms with Crippen molar-refractivity contribution in [2.45, 2.75) is 6.92 Å². The first-order chi connectivity index (χ1) is 6.59. The van der Waals surface area contributed by atoms with Gasteiger partial charge in [-0.2, -0.15) is 0 Å². The van der Waals surface area contributed by atoms with E-state index in [1.54, 1.807) is 14.1 Å². The number of anilines is 1. The molecule has 0 spiro atoms. The summed E-state index contributed by atoms with van der Waals surface area (Å²) in [5.74, 6) is 0. The lowest BCUT2D eigenvalue weighted by Gasteiger charge is -2.18. The molecule has 0 bridgehead atoms. The van der Waals surface area contributed by atoms with Crippen molar-refractivity contribution < 1.29 is 4.57 Å². The third-order valence-electron chi connectivity index (χ3n) is 1.97. The first-order valence-corrected chi connectivity index (χ1v) is 6.13. The van der Waals surface area contributed by atoms with Crippen molar-refractivity contribution in [2.75, 3.05) is 19.2 Å². The number of hydrogen-bond acceptors (Lipinski definition) is 1. The third-order valence-corrected chi connectivity index (χ3v) is 3.80. The Bertz CT molecular complexity index is 328. The smallest absolute Gasteiger partial charge is 0.302 e. The summed E-state index contributed by atoms with van der Waals surface area (Å²) >= 11 is 0. The highest BCUT2D eigenvalue weighted by molar-refractivity contribution is 7.61. The van der Waals surface area contributed by atoms with Crippen molar-refractivity contribution in [2.24, 2.45) is 0 Å². The second-order valence-electron chi connectivity index (χ2n) is 3.03. The van der Waals surface area contributed by atoms with Gasteiger partial charge in [-0.15, -0.1) is 0 Å². The Labute approximate surface area is 84.6 Å². The molecule has 0 atom stereocenters. The average molecular weight is 213 g/mol. The molecule has 0 heterocycles. The zero-order valence-corrected chi connectivity index (χ0v) is 9.56. The second kappa shape index (κ2) is 4.60. The van der Waals surface area contributed by atoms with Gasteiger partial charge in [0.1, 0.15) is 0 Å². The molecule has 0 aliphatic carbocycles. The van der Waals surface area contributed by atoms with Crippen LogP contribution in [-0.2, 0) is 4.57 Å². The Hall–Kier alpha value is -0.830. The zero-order chi connectivity index (χ0) is 10.6. The molecule has 1 rings (SSSR count). The van der Waals surface area contributed by atoms with E-state index in [1.807, 2.05) is 31.2 Å². The SMILES string of the molecule is CNP(=O)(NC)Nc1ccc(C)cc1. The maximum absolute atomic E-state index is 11.9. The van der Waals surface area contributed by atoms with Crippen LogP contribution in [0.2, 0.25) is 0 Å². The summed E-state index contributed by atoms with van der Waals surface area (Å²) in [4.78, 5) is 0. The van der Waals surface area contributed by atoms with Crippen LogP contribution < -0.4 is 15.3 Å². The third kappa shape index (κ3) is 2.84. The molecule has 0 saturated carbocycles. The summed E-state index contributed by atoms with van der Waals surface area (Å²) in [6.45, 7) is 2.01. The predicted octanol–water partition coefficient (Wildman–Crippen LogP) is 1.95. The highest BCUT2D eigenvalue weighted by Crippen LogP contribution is 2.34. The van der Waals surface area contributed by atoms with Crippen LogP contribution in [0, 0.1) is 6.92 Å². The number of nitrogens with one attached hydrogen (secondary N) is 3. The van der Waals surface area contributed by atoms with Gasteiger partial charge in [-0.25, -0.2) is 10.2 Å². The van der Waals surface area contributed by atoms with Crippen LogP contribution in [-0.4, -0.2) is 14.1 Å². The van der Waals surface area contributed by atoms with Gasteiger partial charge in [-0.1, -0.05) is 17.7 Å². The van der Waals surface area contributed by atoms with Crippen molar-refractivity contribution in [3.8, 4) is 0 Å². The molecule has 0 amide bonds. The van der Waals surface area contributed by atoms with Gasteiger partial charge >= 0.3 is 7.59 Å². The Morgan fingerprint density at radius 1 is 1.07 bits per heavy atom. The van der Waals surface area contributed by atoms with E-state index in [1.165, 1.54) is 5.56 Å².